The van der Waals surface area contributed by atoms with E-state index in [-0.39, 0.29) is 24.4 Å². The zero-order chi connectivity index (χ0) is 15.0. The molecule has 2 atom stereocenters. The summed E-state index contributed by atoms with van der Waals surface area (Å²) in [7, 11) is 0. The third-order valence-electron chi connectivity index (χ3n) is 4.47. The highest BCUT2D eigenvalue weighted by molar-refractivity contribution is 5.99. The van der Waals surface area contributed by atoms with Gasteiger partial charge in [-0.25, -0.2) is 0 Å². The van der Waals surface area contributed by atoms with Crippen molar-refractivity contribution in [1.29, 1.82) is 0 Å². The smallest absolute Gasteiger partial charge is 0.287 e. The van der Waals surface area contributed by atoms with Crippen molar-refractivity contribution < 1.29 is 9.21 Å². The van der Waals surface area contributed by atoms with Gasteiger partial charge in [0, 0.05) is 17.0 Å². The Bertz CT molecular complexity index is 681. The zero-order valence-corrected chi connectivity index (χ0v) is 14.0. The number of para-hydroxylation sites is 1. The molecule has 0 saturated carbocycles. The number of amides is 1. The topological polar surface area (TPSA) is 54.3 Å². The Morgan fingerprint density at radius 2 is 2.14 bits per heavy atom. The second-order valence-corrected chi connectivity index (χ2v) is 6.06. The largest absolute Gasteiger partial charge is 0.450 e. The number of carbonyl (C=O) groups is 1. The minimum absolute atomic E-state index is 0. The molecule has 2 heterocycles. The van der Waals surface area contributed by atoms with Crippen LogP contribution in [0.1, 0.15) is 35.0 Å². The van der Waals surface area contributed by atoms with Gasteiger partial charge in [-0.2, -0.15) is 0 Å². The average Bonchev–Trinajstić information content (AvgIpc) is 2.81. The number of rotatable bonds is 2. The molecule has 3 rings (SSSR count). The number of aryl methyl sites for hydroxylation is 2. The number of halogens is 1. The van der Waals surface area contributed by atoms with Crippen LogP contribution in [-0.2, 0) is 0 Å². The van der Waals surface area contributed by atoms with E-state index in [2.05, 4.69) is 17.6 Å². The summed E-state index contributed by atoms with van der Waals surface area (Å²) in [5.41, 5.74) is 2.80. The fraction of sp³-hybridized carbons (Fsp3) is 0.471. The molecule has 4 nitrogen and oxygen atoms in total. The molecule has 0 radical (unpaired) electrons. The maximum atomic E-state index is 12.5. The first-order chi connectivity index (χ1) is 10.1. The van der Waals surface area contributed by atoms with Gasteiger partial charge in [0.05, 0.1) is 0 Å². The van der Waals surface area contributed by atoms with Gasteiger partial charge in [0.2, 0.25) is 0 Å². The number of benzene rings is 1. The van der Waals surface area contributed by atoms with Crippen LogP contribution >= 0.6 is 12.4 Å². The van der Waals surface area contributed by atoms with Crippen LogP contribution in [0.25, 0.3) is 11.0 Å². The van der Waals surface area contributed by atoms with E-state index in [0.29, 0.717) is 11.7 Å². The van der Waals surface area contributed by atoms with Crippen LogP contribution in [0.4, 0.5) is 0 Å². The van der Waals surface area contributed by atoms with E-state index in [9.17, 15) is 4.79 Å². The summed E-state index contributed by atoms with van der Waals surface area (Å²) in [5, 5.41) is 7.50. The minimum Gasteiger partial charge on any atom is -0.450 e. The Hall–Kier alpha value is -1.52. The van der Waals surface area contributed by atoms with Crippen molar-refractivity contribution in [2.75, 3.05) is 13.1 Å². The van der Waals surface area contributed by atoms with Gasteiger partial charge in [-0.15, -0.1) is 12.4 Å². The highest BCUT2D eigenvalue weighted by atomic mass is 35.5. The van der Waals surface area contributed by atoms with Crippen molar-refractivity contribution in [3.8, 4) is 0 Å². The first-order valence-corrected chi connectivity index (χ1v) is 7.58. The van der Waals surface area contributed by atoms with Gasteiger partial charge in [-0.3, -0.25) is 4.79 Å². The molecule has 5 heteroatoms. The van der Waals surface area contributed by atoms with Crippen LogP contribution in [0, 0.1) is 19.8 Å². The van der Waals surface area contributed by atoms with Crippen LogP contribution in [0.2, 0.25) is 0 Å². The molecule has 22 heavy (non-hydrogen) atoms. The molecule has 0 spiro atoms. The Balaban J connectivity index is 0.00000176. The van der Waals surface area contributed by atoms with Gasteiger partial charge in [0.15, 0.2) is 5.76 Å². The molecule has 120 valence electrons. The highest BCUT2D eigenvalue weighted by Gasteiger charge is 2.26. The van der Waals surface area contributed by atoms with Crippen LogP contribution in [0.5, 0.6) is 0 Å². The van der Waals surface area contributed by atoms with Crippen molar-refractivity contribution in [2.24, 2.45) is 5.92 Å². The molecule has 1 aliphatic rings. The summed E-state index contributed by atoms with van der Waals surface area (Å²) in [5.74, 6) is 0.793. The van der Waals surface area contributed by atoms with E-state index >= 15 is 0 Å². The Morgan fingerprint density at radius 3 is 2.82 bits per heavy atom. The molecule has 1 fully saturated rings. The molecule has 1 amide bonds. The SMILES string of the molecule is Cc1c(C(=O)NC2CCNCC2C)oc2c(C)cccc12.Cl. The van der Waals surface area contributed by atoms with Crippen LogP contribution in [0.15, 0.2) is 22.6 Å². The number of carbonyl (C=O) groups excluding carboxylic acids is 1. The summed E-state index contributed by atoms with van der Waals surface area (Å²) >= 11 is 0. The second kappa shape index (κ2) is 6.71. The van der Waals surface area contributed by atoms with Crippen molar-refractivity contribution in [2.45, 2.75) is 33.2 Å². The third kappa shape index (κ3) is 2.99. The molecule has 1 aromatic heterocycles. The van der Waals surface area contributed by atoms with Crippen molar-refractivity contribution >= 4 is 29.3 Å². The number of furan rings is 1. The fourth-order valence-corrected chi connectivity index (χ4v) is 3.06. The summed E-state index contributed by atoms with van der Waals surface area (Å²) in [6.07, 6.45) is 0.964. The van der Waals surface area contributed by atoms with Crippen LogP contribution < -0.4 is 10.6 Å². The van der Waals surface area contributed by atoms with Gasteiger partial charge in [-0.05, 0) is 44.8 Å². The van der Waals surface area contributed by atoms with Crippen molar-refractivity contribution in [3.05, 3.63) is 35.1 Å². The van der Waals surface area contributed by atoms with Crippen LogP contribution in [0.3, 0.4) is 0 Å². The summed E-state index contributed by atoms with van der Waals surface area (Å²) in [4.78, 5) is 12.5. The lowest BCUT2D eigenvalue weighted by Crippen LogP contribution is -2.48. The van der Waals surface area contributed by atoms with Gasteiger partial charge in [0.25, 0.3) is 5.91 Å². The minimum atomic E-state index is -0.0955. The molecule has 0 aliphatic carbocycles. The summed E-state index contributed by atoms with van der Waals surface area (Å²) in [6.45, 7) is 8.01. The van der Waals surface area contributed by atoms with E-state index in [1.165, 1.54) is 0 Å². The molecule has 1 aromatic carbocycles. The average molecular weight is 323 g/mol. The molecule has 0 bridgehead atoms. The highest BCUT2D eigenvalue weighted by Crippen LogP contribution is 2.27. The maximum absolute atomic E-state index is 12.5. The van der Waals surface area contributed by atoms with E-state index in [1.54, 1.807) is 0 Å². The predicted molar refractivity (Wildman–Crippen MR) is 90.8 cm³/mol. The lowest BCUT2D eigenvalue weighted by Gasteiger charge is -2.29. The number of nitrogens with one attached hydrogen (secondary N) is 2. The fourth-order valence-electron chi connectivity index (χ4n) is 3.06. The third-order valence-corrected chi connectivity index (χ3v) is 4.47. The Labute approximate surface area is 137 Å². The van der Waals surface area contributed by atoms with Gasteiger partial charge < -0.3 is 15.1 Å². The number of piperidine rings is 1. The van der Waals surface area contributed by atoms with E-state index in [1.807, 2.05) is 32.0 Å². The first-order valence-electron chi connectivity index (χ1n) is 7.58. The predicted octanol–water partition coefficient (Wildman–Crippen LogP) is 3.20. The lowest BCUT2D eigenvalue weighted by molar-refractivity contribution is 0.0887. The van der Waals surface area contributed by atoms with Crippen molar-refractivity contribution in [3.63, 3.8) is 0 Å². The summed E-state index contributed by atoms with van der Waals surface area (Å²) in [6, 6.07) is 6.22. The molecular formula is C17H23ClN2O2. The second-order valence-electron chi connectivity index (χ2n) is 6.06. The standard InChI is InChI=1S/C17H22N2O2.ClH/c1-10-5-4-6-13-12(3)16(21-15(10)13)17(20)19-14-7-8-18-9-11(14)2;/h4-6,11,14,18H,7-9H2,1-3H3,(H,19,20);1H. The molecule has 1 saturated heterocycles. The molecule has 2 unspecified atom stereocenters. The number of hydrogen-bond donors (Lipinski definition) is 2. The monoisotopic (exact) mass is 322 g/mol. The summed E-state index contributed by atoms with van der Waals surface area (Å²) < 4.78 is 5.84. The molecule has 2 N–H and O–H groups in total. The quantitative estimate of drug-likeness (QED) is 0.892. The maximum Gasteiger partial charge on any atom is 0.287 e. The van der Waals surface area contributed by atoms with Crippen molar-refractivity contribution in [1.82, 2.24) is 10.6 Å². The Kier molecular flexibility index (Phi) is 5.14. The Morgan fingerprint density at radius 1 is 1.36 bits per heavy atom. The molecular weight excluding hydrogens is 300 g/mol. The van der Waals surface area contributed by atoms with Crippen LogP contribution in [-0.4, -0.2) is 25.0 Å². The van der Waals surface area contributed by atoms with E-state index in [0.717, 1.165) is 41.6 Å². The zero-order valence-electron chi connectivity index (χ0n) is 13.2. The van der Waals surface area contributed by atoms with Gasteiger partial charge in [0.1, 0.15) is 5.58 Å². The van der Waals surface area contributed by atoms with E-state index in [4.69, 9.17) is 4.42 Å². The number of hydrogen-bond acceptors (Lipinski definition) is 3. The van der Waals surface area contributed by atoms with E-state index < -0.39 is 0 Å². The number of fused-ring (bicyclic) bond motifs is 1. The molecule has 2 aromatic rings. The van der Waals surface area contributed by atoms with Gasteiger partial charge >= 0.3 is 0 Å². The van der Waals surface area contributed by atoms with Gasteiger partial charge in [-0.1, -0.05) is 25.1 Å². The molecule has 1 aliphatic heterocycles. The lowest BCUT2D eigenvalue weighted by atomic mass is 9.95. The normalized spacial score (nSPS) is 21.4. The first kappa shape index (κ1) is 16.8.